The Balaban J connectivity index is 1.88. The highest BCUT2D eigenvalue weighted by Gasteiger charge is 2.18. The molecule has 0 unspecified atom stereocenters. The molecule has 1 heterocycles. The van der Waals surface area contributed by atoms with Gasteiger partial charge in [0.1, 0.15) is 5.75 Å². The lowest BCUT2D eigenvalue weighted by molar-refractivity contribution is 0.0956. The van der Waals surface area contributed by atoms with Gasteiger partial charge in [0.2, 0.25) is 0 Å². The molecular formula is C19H18ClN3O2. The minimum absolute atomic E-state index is 0.262. The van der Waals surface area contributed by atoms with E-state index in [2.05, 4.69) is 10.5 Å². The maximum Gasteiger partial charge on any atom is 0.273 e. The lowest BCUT2D eigenvalue weighted by atomic mass is 10.1. The molecule has 6 heteroatoms. The predicted molar refractivity (Wildman–Crippen MR) is 101 cm³/mol. The third kappa shape index (κ3) is 3.37. The second kappa shape index (κ2) is 6.99. The Morgan fingerprint density at radius 3 is 2.64 bits per heavy atom. The second-order valence-electron chi connectivity index (χ2n) is 5.65. The zero-order valence-corrected chi connectivity index (χ0v) is 15.0. The van der Waals surface area contributed by atoms with Crippen LogP contribution in [0.2, 0.25) is 5.02 Å². The SMILES string of the molecule is COc1ccc2c(c1)c(C(=O)N/N=C/c1ccc(Cl)cc1)c(C)n2C. The number of ether oxygens (including phenoxy) is 1. The summed E-state index contributed by atoms with van der Waals surface area (Å²) in [6.45, 7) is 1.91. The average Bonchev–Trinajstić information content (AvgIpc) is 2.87. The minimum Gasteiger partial charge on any atom is -0.497 e. The molecule has 0 radical (unpaired) electrons. The Kier molecular flexibility index (Phi) is 4.76. The largest absolute Gasteiger partial charge is 0.497 e. The van der Waals surface area contributed by atoms with Crippen molar-refractivity contribution in [1.29, 1.82) is 0 Å². The van der Waals surface area contributed by atoms with Crippen LogP contribution < -0.4 is 10.2 Å². The van der Waals surface area contributed by atoms with Crippen molar-refractivity contribution in [1.82, 2.24) is 9.99 Å². The summed E-state index contributed by atoms with van der Waals surface area (Å²) in [5.74, 6) is 0.443. The molecule has 3 rings (SSSR count). The Morgan fingerprint density at radius 1 is 1.24 bits per heavy atom. The fraction of sp³-hybridized carbons (Fsp3) is 0.158. The predicted octanol–water partition coefficient (Wildman–Crippen LogP) is 3.91. The first-order chi connectivity index (χ1) is 12.0. The fourth-order valence-electron chi connectivity index (χ4n) is 2.73. The van der Waals surface area contributed by atoms with Gasteiger partial charge in [-0.25, -0.2) is 5.43 Å². The number of nitrogens with zero attached hydrogens (tertiary/aromatic N) is 2. The quantitative estimate of drug-likeness (QED) is 0.569. The van der Waals surface area contributed by atoms with E-state index < -0.39 is 0 Å². The summed E-state index contributed by atoms with van der Waals surface area (Å²) in [7, 11) is 3.53. The molecule has 1 aromatic heterocycles. The van der Waals surface area contributed by atoms with Crippen molar-refractivity contribution in [2.45, 2.75) is 6.92 Å². The molecule has 0 bridgehead atoms. The normalized spacial score (nSPS) is 11.2. The van der Waals surface area contributed by atoms with Crippen LogP contribution in [0.25, 0.3) is 10.9 Å². The molecule has 25 heavy (non-hydrogen) atoms. The highest BCUT2D eigenvalue weighted by molar-refractivity contribution is 6.30. The third-order valence-corrected chi connectivity index (χ3v) is 4.43. The monoisotopic (exact) mass is 355 g/mol. The van der Waals surface area contributed by atoms with E-state index in [4.69, 9.17) is 16.3 Å². The topological polar surface area (TPSA) is 55.6 Å². The maximum atomic E-state index is 12.6. The highest BCUT2D eigenvalue weighted by atomic mass is 35.5. The van der Waals surface area contributed by atoms with E-state index in [1.54, 1.807) is 25.5 Å². The molecule has 128 valence electrons. The van der Waals surface area contributed by atoms with Gasteiger partial charge in [-0.15, -0.1) is 0 Å². The lowest BCUT2D eigenvalue weighted by Crippen LogP contribution is -2.18. The van der Waals surface area contributed by atoms with Crippen molar-refractivity contribution < 1.29 is 9.53 Å². The molecule has 0 aliphatic carbocycles. The fourth-order valence-corrected chi connectivity index (χ4v) is 2.86. The van der Waals surface area contributed by atoms with E-state index in [1.807, 2.05) is 48.9 Å². The van der Waals surface area contributed by atoms with E-state index in [-0.39, 0.29) is 5.91 Å². The molecule has 1 N–H and O–H groups in total. The summed E-state index contributed by atoms with van der Waals surface area (Å²) in [4.78, 5) is 12.6. The molecule has 0 saturated carbocycles. The van der Waals surface area contributed by atoms with E-state index in [9.17, 15) is 4.79 Å². The maximum absolute atomic E-state index is 12.6. The van der Waals surface area contributed by atoms with Crippen molar-refractivity contribution in [3.63, 3.8) is 0 Å². The molecule has 0 atom stereocenters. The minimum atomic E-state index is -0.262. The summed E-state index contributed by atoms with van der Waals surface area (Å²) in [5, 5.41) is 5.53. The van der Waals surface area contributed by atoms with Crippen molar-refractivity contribution in [3.05, 3.63) is 64.3 Å². The summed E-state index contributed by atoms with van der Waals surface area (Å²) in [5.41, 5.74) is 5.85. The van der Waals surface area contributed by atoms with Gasteiger partial charge in [-0.05, 0) is 42.8 Å². The van der Waals surface area contributed by atoms with Crippen LogP contribution in [0.15, 0.2) is 47.6 Å². The standard InChI is InChI=1S/C19H18ClN3O2/c1-12-18(16-10-15(25-3)8-9-17(16)23(12)2)19(24)22-21-11-13-4-6-14(20)7-5-13/h4-11H,1-3H3,(H,22,24)/b21-11+. The number of aromatic nitrogens is 1. The van der Waals surface area contributed by atoms with Crippen LogP contribution >= 0.6 is 11.6 Å². The van der Waals surface area contributed by atoms with Crippen LogP contribution in [-0.4, -0.2) is 23.8 Å². The Hall–Kier alpha value is -2.79. The van der Waals surface area contributed by atoms with Gasteiger partial charge in [-0.2, -0.15) is 5.10 Å². The summed E-state index contributed by atoms with van der Waals surface area (Å²) >= 11 is 5.85. The summed E-state index contributed by atoms with van der Waals surface area (Å²) < 4.78 is 7.25. The van der Waals surface area contributed by atoms with Gasteiger partial charge in [0.05, 0.1) is 18.9 Å². The molecule has 0 aliphatic rings. The molecular weight excluding hydrogens is 338 g/mol. The number of aryl methyl sites for hydroxylation is 1. The first-order valence-corrected chi connectivity index (χ1v) is 8.11. The second-order valence-corrected chi connectivity index (χ2v) is 6.09. The lowest BCUT2D eigenvalue weighted by Gasteiger charge is -2.02. The van der Waals surface area contributed by atoms with Crippen molar-refractivity contribution in [2.75, 3.05) is 7.11 Å². The number of hydrazone groups is 1. The van der Waals surface area contributed by atoms with Crippen LogP contribution in [0.4, 0.5) is 0 Å². The van der Waals surface area contributed by atoms with Crippen LogP contribution in [0.5, 0.6) is 5.75 Å². The van der Waals surface area contributed by atoms with Gasteiger partial charge < -0.3 is 9.30 Å². The third-order valence-electron chi connectivity index (χ3n) is 4.18. The number of carbonyl (C=O) groups excluding carboxylic acids is 1. The van der Waals surface area contributed by atoms with E-state index >= 15 is 0 Å². The van der Waals surface area contributed by atoms with Crippen LogP contribution in [-0.2, 0) is 7.05 Å². The number of nitrogens with one attached hydrogen (secondary N) is 1. The number of hydrogen-bond acceptors (Lipinski definition) is 3. The Labute approximate surface area is 150 Å². The molecule has 0 fully saturated rings. The number of fused-ring (bicyclic) bond motifs is 1. The number of hydrogen-bond donors (Lipinski definition) is 1. The van der Waals surface area contributed by atoms with Crippen molar-refractivity contribution in [2.24, 2.45) is 12.1 Å². The molecule has 1 amide bonds. The summed E-state index contributed by atoms with van der Waals surface area (Å²) in [6.07, 6.45) is 1.58. The number of methoxy groups -OCH3 is 1. The van der Waals surface area contributed by atoms with Crippen LogP contribution in [0.3, 0.4) is 0 Å². The number of halogens is 1. The number of carbonyl (C=O) groups is 1. The number of benzene rings is 2. The summed E-state index contributed by atoms with van der Waals surface area (Å²) in [6, 6.07) is 12.9. The molecule has 3 aromatic rings. The Bertz CT molecular complexity index is 959. The highest BCUT2D eigenvalue weighted by Crippen LogP contribution is 2.28. The molecule has 0 saturated heterocycles. The van der Waals surface area contributed by atoms with Crippen LogP contribution in [0, 0.1) is 6.92 Å². The van der Waals surface area contributed by atoms with Gasteiger partial charge in [-0.1, -0.05) is 23.7 Å². The van der Waals surface area contributed by atoms with Gasteiger partial charge in [0.25, 0.3) is 5.91 Å². The van der Waals surface area contributed by atoms with Gasteiger partial charge in [0, 0.05) is 28.7 Å². The van der Waals surface area contributed by atoms with Crippen molar-refractivity contribution in [3.8, 4) is 5.75 Å². The van der Waals surface area contributed by atoms with Crippen LogP contribution in [0.1, 0.15) is 21.6 Å². The molecule has 2 aromatic carbocycles. The van der Waals surface area contributed by atoms with Gasteiger partial charge >= 0.3 is 0 Å². The zero-order valence-electron chi connectivity index (χ0n) is 14.2. The zero-order chi connectivity index (χ0) is 18.0. The first-order valence-electron chi connectivity index (χ1n) is 7.73. The average molecular weight is 356 g/mol. The van der Waals surface area contributed by atoms with Gasteiger partial charge in [-0.3, -0.25) is 4.79 Å². The smallest absolute Gasteiger partial charge is 0.273 e. The molecule has 0 aliphatic heterocycles. The number of amides is 1. The molecule has 0 spiro atoms. The van der Waals surface area contributed by atoms with E-state index in [0.29, 0.717) is 16.3 Å². The van der Waals surface area contributed by atoms with Gasteiger partial charge in [0.15, 0.2) is 0 Å². The van der Waals surface area contributed by atoms with Crippen molar-refractivity contribution >= 4 is 34.6 Å². The van der Waals surface area contributed by atoms with E-state index in [1.165, 1.54) is 0 Å². The Morgan fingerprint density at radius 2 is 1.96 bits per heavy atom. The number of rotatable bonds is 4. The first kappa shape index (κ1) is 17.0. The molecule has 5 nitrogen and oxygen atoms in total. The van der Waals surface area contributed by atoms with E-state index in [0.717, 1.165) is 22.2 Å².